The molecule has 0 aromatic carbocycles. The second-order valence-electron chi connectivity index (χ2n) is 4.59. The molecule has 0 aliphatic heterocycles. The molecule has 0 saturated carbocycles. The molecule has 0 bridgehead atoms. The summed E-state index contributed by atoms with van der Waals surface area (Å²) in [5, 5.41) is 11.9. The molecular formula is C10H21NO3. The highest BCUT2D eigenvalue weighted by Crippen LogP contribution is 2.08. The Bertz CT molecular complexity index is 184. The van der Waals surface area contributed by atoms with Crippen LogP contribution in [0.25, 0.3) is 0 Å². The standard InChI is InChI=1S/C10H21NO3/c1-7(2)11-8(6-12)9(13)14-10(3,4)5/h7-8,11-12H,6H2,1-5H3/t8-/m0/s1. The van der Waals surface area contributed by atoms with Crippen LogP contribution in [0.2, 0.25) is 0 Å². The first-order chi connectivity index (χ1) is 6.26. The average Bonchev–Trinajstić information content (AvgIpc) is 1.96. The molecule has 0 fully saturated rings. The van der Waals surface area contributed by atoms with E-state index in [4.69, 9.17) is 9.84 Å². The minimum atomic E-state index is -0.630. The first kappa shape index (κ1) is 13.4. The second kappa shape index (κ2) is 5.32. The lowest BCUT2D eigenvalue weighted by Crippen LogP contribution is -2.46. The molecule has 4 heteroatoms. The zero-order valence-corrected chi connectivity index (χ0v) is 9.63. The van der Waals surface area contributed by atoms with Crippen molar-refractivity contribution in [3.8, 4) is 0 Å². The molecule has 0 aromatic rings. The van der Waals surface area contributed by atoms with Crippen molar-refractivity contribution in [2.24, 2.45) is 0 Å². The minimum Gasteiger partial charge on any atom is -0.459 e. The van der Waals surface area contributed by atoms with Crippen molar-refractivity contribution < 1.29 is 14.6 Å². The van der Waals surface area contributed by atoms with Gasteiger partial charge in [-0.1, -0.05) is 13.8 Å². The fraction of sp³-hybridized carbons (Fsp3) is 0.900. The fourth-order valence-corrected chi connectivity index (χ4v) is 0.971. The van der Waals surface area contributed by atoms with Gasteiger partial charge < -0.3 is 15.2 Å². The molecule has 84 valence electrons. The van der Waals surface area contributed by atoms with E-state index in [0.717, 1.165) is 0 Å². The van der Waals surface area contributed by atoms with Crippen LogP contribution in [-0.2, 0) is 9.53 Å². The van der Waals surface area contributed by atoms with Gasteiger partial charge in [0.05, 0.1) is 6.61 Å². The molecule has 14 heavy (non-hydrogen) atoms. The van der Waals surface area contributed by atoms with Crippen molar-refractivity contribution in [2.75, 3.05) is 6.61 Å². The molecule has 2 N–H and O–H groups in total. The van der Waals surface area contributed by atoms with Crippen LogP contribution in [0.4, 0.5) is 0 Å². The summed E-state index contributed by atoms with van der Waals surface area (Å²) < 4.78 is 5.13. The highest BCUT2D eigenvalue weighted by molar-refractivity contribution is 5.76. The van der Waals surface area contributed by atoms with Crippen molar-refractivity contribution in [2.45, 2.75) is 52.3 Å². The number of esters is 1. The predicted molar refractivity (Wildman–Crippen MR) is 55.0 cm³/mol. The van der Waals surface area contributed by atoms with Crippen molar-refractivity contribution in [3.63, 3.8) is 0 Å². The zero-order chi connectivity index (χ0) is 11.4. The highest BCUT2D eigenvalue weighted by Gasteiger charge is 2.24. The molecule has 0 heterocycles. The van der Waals surface area contributed by atoms with E-state index in [1.807, 2.05) is 13.8 Å². The molecule has 0 radical (unpaired) electrons. The molecular weight excluding hydrogens is 182 g/mol. The Kier molecular flexibility index (Phi) is 5.08. The van der Waals surface area contributed by atoms with Gasteiger partial charge in [0.1, 0.15) is 11.6 Å². The molecule has 0 spiro atoms. The number of ether oxygens (including phenoxy) is 1. The maximum absolute atomic E-state index is 11.5. The maximum Gasteiger partial charge on any atom is 0.326 e. The molecule has 0 rings (SSSR count). The highest BCUT2D eigenvalue weighted by atomic mass is 16.6. The topological polar surface area (TPSA) is 58.6 Å². The van der Waals surface area contributed by atoms with Crippen LogP contribution >= 0.6 is 0 Å². The SMILES string of the molecule is CC(C)N[C@@H](CO)C(=O)OC(C)(C)C. The van der Waals surface area contributed by atoms with Crippen LogP contribution in [0.1, 0.15) is 34.6 Å². The molecule has 4 nitrogen and oxygen atoms in total. The Morgan fingerprint density at radius 2 is 1.93 bits per heavy atom. The Balaban J connectivity index is 4.18. The van der Waals surface area contributed by atoms with Gasteiger partial charge in [-0.05, 0) is 20.8 Å². The van der Waals surface area contributed by atoms with Crippen molar-refractivity contribution >= 4 is 5.97 Å². The molecule has 0 amide bonds. The van der Waals surface area contributed by atoms with Gasteiger partial charge in [-0.25, -0.2) is 0 Å². The molecule has 0 unspecified atom stereocenters. The second-order valence-corrected chi connectivity index (χ2v) is 4.59. The van der Waals surface area contributed by atoms with Gasteiger partial charge in [0.2, 0.25) is 0 Å². The first-order valence-electron chi connectivity index (χ1n) is 4.86. The Hall–Kier alpha value is -0.610. The van der Waals surface area contributed by atoms with E-state index in [2.05, 4.69) is 5.32 Å². The van der Waals surface area contributed by atoms with E-state index in [0.29, 0.717) is 0 Å². The molecule has 1 atom stereocenters. The summed E-state index contributed by atoms with van der Waals surface area (Å²) in [5.74, 6) is -0.409. The lowest BCUT2D eigenvalue weighted by molar-refractivity contribution is -0.158. The predicted octanol–water partition coefficient (Wildman–Crippen LogP) is 0.687. The molecule has 0 saturated heterocycles. The zero-order valence-electron chi connectivity index (χ0n) is 9.63. The normalized spacial score (nSPS) is 14.2. The van der Waals surface area contributed by atoms with Crippen LogP contribution < -0.4 is 5.32 Å². The third-order valence-electron chi connectivity index (χ3n) is 1.41. The summed E-state index contributed by atoms with van der Waals surface area (Å²) in [5.41, 5.74) is -0.511. The summed E-state index contributed by atoms with van der Waals surface area (Å²) in [7, 11) is 0. The Morgan fingerprint density at radius 3 is 2.21 bits per heavy atom. The summed E-state index contributed by atoms with van der Waals surface area (Å²) in [4.78, 5) is 11.5. The summed E-state index contributed by atoms with van der Waals surface area (Å²) in [6, 6.07) is -0.492. The van der Waals surface area contributed by atoms with E-state index in [-0.39, 0.29) is 12.6 Å². The Morgan fingerprint density at radius 1 is 1.43 bits per heavy atom. The van der Waals surface area contributed by atoms with E-state index < -0.39 is 17.6 Å². The third kappa shape index (κ3) is 5.94. The lowest BCUT2D eigenvalue weighted by atomic mass is 10.2. The van der Waals surface area contributed by atoms with Gasteiger partial charge in [0.25, 0.3) is 0 Å². The number of hydrogen-bond acceptors (Lipinski definition) is 4. The lowest BCUT2D eigenvalue weighted by Gasteiger charge is -2.24. The van der Waals surface area contributed by atoms with Gasteiger partial charge in [-0.2, -0.15) is 0 Å². The summed E-state index contributed by atoms with van der Waals surface area (Å²) in [6.45, 7) is 8.98. The van der Waals surface area contributed by atoms with Crippen LogP contribution in [-0.4, -0.2) is 35.4 Å². The number of aliphatic hydroxyl groups excluding tert-OH is 1. The van der Waals surface area contributed by atoms with Crippen molar-refractivity contribution in [1.82, 2.24) is 5.32 Å². The van der Waals surface area contributed by atoms with Crippen molar-refractivity contribution in [3.05, 3.63) is 0 Å². The molecule has 0 aliphatic rings. The van der Waals surface area contributed by atoms with Gasteiger partial charge in [0, 0.05) is 6.04 Å². The average molecular weight is 203 g/mol. The fourth-order valence-electron chi connectivity index (χ4n) is 0.971. The number of aliphatic hydroxyl groups is 1. The van der Waals surface area contributed by atoms with Crippen LogP contribution in [0.15, 0.2) is 0 Å². The maximum atomic E-state index is 11.5. The van der Waals surface area contributed by atoms with E-state index in [9.17, 15) is 4.79 Å². The van der Waals surface area contributed by atoms with Gasteiger partial charge in [0.15, 0.2) is 0 Å². The number of carbonyl (C=O) groups is 1. The largest absolute Gasteiger partial charge is 0.459 e. The van der Waals surface area contributed by atoms with Crippen molar-refractivity contribution in [1.29, 1.82) is 0 Å². The monoisotopic (exact) mass is 203 g/mol. The van der Waals surface area contributed by atoms with Gasteiger partial charge in [-0.15, -0.1) is 0 Å². The number of nitrogens with one attached hydrogen (secondary N) is 1. The van der Waals surface area contributed by atoms with Gasteiger partial charge in [-0.3, -0.25) is 4.79 Å². The smallest absolute Gasteiger partial charge is 0.326 e. The quantitative estimate of drug-likeness (QED) is 0.660. The number of carbonyl (C=O) groups excluding carboxylic acids is 1. The molecule has 0 aliphatic carbocycles. The summed E-state index contributed by atoms with van der Waals surface area (Å²) in [6.07, 6.45) is 0. The van der Waals surface area contributed by atoms with E-state index >= 15 is 0 Å². The van der Waals surface area contributed by atoms with Crippen LogP contribution in [0, 0.1) is 0 Å². The first-order valence-corrected chi connectivity index (χ1v) is 4.86. The summed E-state index contributed by atoms with van der Waals surface area (Å²) >= 11 is 0. The Labute approximate surface area is 85.6 Å². The van der Waals surface area contributed by atoms with E-state index in [1.165, 1.54) is 0 Å². The van der Waals surface area contributed by atoms with Crippen LogP contribution in [0.3, 0.4) is 0 Å². The van der Waals surface area contributed by atoms with Crippen LogP contribution in [0.5, 0.6) is 0 Å². The van der Waals surface area contributed by atoms with Gasteiger partial charge >= 0.3 is 5.97 Å². The minimum absolute atomic E-state index is 0.139. The number of hydrogen-bond donors (Lipinski definition) is 2. The number of rotatable bonds is 4. The molecule has 0 aromatic heterocycles. The van der Waals surface area contributed by atoms with E-state index in [1.54, 1.807) is 20.8 Å². The third-order valence-corrected chi connectivity index (χ3v) is 1.41.